The number of amides is 1. The number of nitrogens with two attached hydrogens (primary N) is 1. The summed E-state index contributed by atoms with van der Waals surface area (Å²) in [5.74, 6) is 0.0977. The summed E-state index contributed by atoms with van der Waals surface area (Å²) in [5, 5.41) is 4.89. The molecule has 0 unspecified atom stereocenters. The average Bonchev–Trinajstić information content (AvgIpc) is 2.97. The molecule has 16 heavy (non-hydrogen) atoms. The van der Waals surface area contributed by atoms with Crippen molar-refractivity contribution in [2.24, 2.45) is 11.1 Å². The minimum absolute atomic E-state index is 0.0977. The van der Waals surface area contributed by atoms with E-state index >= 15 is 0 Å². The van der Waals surface area contributed by atoms with Gasteiger partial charge < -0.3 is 11.1 Å². The van der Waals surface area contributed by atoms with Crippen LogP contribution < -0.4 is 11.1 Å². The number of rotatable bonds is 4. The predicted octanol–water partition coefficient (Wildman–Crippen LogP) is 1.28. The first kappa shape index (κ1) is 11.5. The summed E-state index contributed by atoms with van der Waals surface area (Å²) in [5.41, 5.74) is 8.13. The van der Waals surface area contributed by atoms with Crippen molar-refractivity contribution in [3.8, 4) is 0 Å². The Morgan fingerprint density at radius 2 is 2.31 bits per heavy atom. The summed E-state index contributed by atoms with van der Waals surface area (Å²) in [7, 11) is 0. The summed E-state index contributed by atoms with van der Waals surface area (Å²) in [6.45, 7) is 0.972. The third-order valence-corrected chi connectivity index (χ3v) is 3.98. The van der Waals surface area contributed by atoms with Gasteiger partial charge in [0.15, 0.2) is 0 Å². The minimum atomic E-state index is -0.310. The van der Waals surface area contributed by atoms with Crippen molar-refractivity contribution >= 4 is 17.2 Å². The van der Waals surface area contributed by atoms with Crippen molar-refractivity contribution in [1.29, 1.82) is 0 Å². The molecule has 0 saturated heterocycles. The van der Waals surface area contributed by atoms with Gasteiger partial charge in [-0.25, -0.2) is 4.98 Å². The number of nitrogens with one attached hydrogen (secondary N) is 1. The zero-order valence-corrected chi connectivity index (χ0v) is 10.1. The van der Waals surface area contributed by atoms with Gasteiger partial charge in [-0.1, -0.05) is 12.8 Å². The van der Waals surface area contributed by atoms with Crippen molar-refractivity contribution in [2.75, 3.05) is 6.54 Å². The molecule has 2 rings (SSSR count). The van der Waals surface area contributed by atoms with Crippen LogP contribution in [0.4, 0.5) is 0 Å². The number of aromatic nitrogens is 1. The maximum absolute atomic E-state index is 12.1. The van der Waals surface area contributed by atoms with Gasteiger partial charge in [-0.05, 0) is 12.8 Å². The number of hydrogen-bond donors (Lipinski definition) is 2. The third kappa shape index (κ3) is 2.25. The maximum Gasteiger partial charge on any atom is 0.227 e. The first-order valence-corrected chi connectivity index (χ1v) is 6.56. The van der Waals surface area contributed by atoms with E-state index in [0.29, 0.717) is 13.1 Å². The van der Waals surface area contributed by atoms with Crippen LogP contribution in [0.2, 0.25) is 0 Å². The van der Waals surface area contributed by atoms with Crippen molar-refractivity contribution in [3.05, 3.63) is 16.6 Å². The van der Waals surface area contributed by atoms with Crippen molar-refractivity contribution in [3.63, 3.8) is 0 Å². The Morgan fingerprint density at radius 1 is 1.56 bits per heavy atom. The van der Waals surface area contributed by atoms with Crippen LogP contribution in [0.5, 0.6) is 0 Å². The van der Waals surface area contributed by atoms with Crippen LogP contribution in [0.25, 0.3) is 0 Å². The largest absolute Gasteiger partial charge is 0.350 e. The van der Waals surface area contributed by atoms with Gasteiger partial charge in [-0.3, -0.25) is 4.79 Å². The summed E-state index contributed by atoms with van der Waals surface area (Å²) in [6, 6.07) is 0. The Kier molecular flexibility index (Phi) is 3.56. The van der Waals surface area contributed by atoms with E-state index in [9.17, 15) is 4.79 Å². The predicted molar refractivity (Wildman–Crippen MR) is 63.9 cm³/mol. The number of thiazole rings is 1. The summed E-state index contributed by atoms with van der Waals surface area (Å²) < 4.78 is 0. The molecule has 88 valence electrons. The van der Waals surface area contributed by atoms with Crippen molar-refractivity contribution < 1.29 is 4.79 Å². The van der Waals surface area contributed by atoms with E-state index in [2.05, 4.69) is 10.3 Å². The van der Waals surface area contributed by atoms with Crippen LogP contribution in [-0.4, -0.2) is 17.4 Å². The highest BCUT2D eigenvalue weighted by molar-refractivity contribution is 7.07. The monoisotopic (exact) mass is 239 g/mol. The van der Waals surface area contributed by atoms with Gasteiger partial charge in [0.05, 0.1) is 23.2 Å². The molecule has 1 aliphatic carbocycles. The van der Waals surface area contributed by atoms with Crippen molar-refractivity contribution in [2.45, 2.75) is 32.2 Å². The SMILES string of the molecule is NCC1(C(=O)NCc2cscn2)CCCC1. The highest BCUT2D eigenvalue weighted by atomic mass is 32.1. The molecule has 0 aromatic carbocycles. The molecule has 1 aromatic rings. The lowest BCUT2D eigenvalue weighted by Gasteiger charge is -2.25. The summed E-state index contributed by atoms with van der Waals surface area (Å²) in [6.07, 6.45) is 4.07. The Bertz CT molecular complexity index is 344. The molecular weight excluding hydrogens is 222 g/mol. The Morgan fingerprint density at radius 3 is 2.88 bits per heavy atom. The fourth-order valence-electron chi connectivity index (χ4n) is 2.26. The lowest BCUT2D eigenvalue weighted by Crippen LogP contribution is -2.43. The first-order chi connectivity index (χ1) is 7.77. The molecular formula is C11H17N3OS. The zero-order valence-electron chi connectivity index (χ0n) is 9.24. The number of carbonyl (C=O) groups is 1. The van der Waals surface area contributed by atoms with Crippen LogP contribution in [0.1, 0.15) is 31.4 Å². The lowest BCUT2D eigenvalue weighted by molar-refractivity contribution is -0.130. The van der Waals surface area contributed by atoms with Crippen LogP contribution in [0, 0.1) is 5.41 Å². The molecule has 0 bridgehead atoms. The fourth-order valence-corrected chi connectivity index (χ4v) is 2.82. The lowest BCUT2D eigenvalue weighted by atomic mass is 9.85. The van der Waals surface area contributed by atoms with Crippen LogP contribution in [0.3, 0.4) is 0 Å². The molecule has 0 spiro atoms. The molecule has 3 N–H and O–H groups in total. The second-order valence-electron chi connectivity index (χ2n) is 4.35. The molecule has 1 aromatic heterocycles. The van der Waals surface area contributed by atoms with E-state index < -0.39 is 0 Å². The minimum Gasteiger partial charge on any atom is -0.350 e. The average molecular weight is 239 g/mol. The van der Waals surface area contributed by atoms with E-state index in [0.717, 1.165) is 31.4 Å². The number of hydrogen-bond acceptors (Lipinski definition) is 4. The highest BCUT2D eigenvalue weighted by Gasteiger charge is 2.39. The quantitative estimate of drug-likeness (QED) is 0.831. The maximum atomic E-state index is 12.1. The second-order valence-corrected chi connectivity index (χ2v) is 5.07. The Balaban J connectivity index is 1.91. The van der Waals surface area contributed by atoms with E-state index in [1.165, 1.54) is 0 Å². The standard InChI is InChI=1S/C11H17N3OS/c12-7-11(3-1-2-4-11)10(15)13-5-9-6-16-8-14-9/h6,8H,1-5,7,12H2,(H,13,15). The van der Waals surface area contributed by atoms with Crippen LogP contribution in [-0.2, 0) is 11.3 Å². The third-order valence-electron chi connectivity index (χ3n) is 3.35. The highest BCUT2D eigenvalue weighted by Crippen LogP contribution is 2.37. The van der Waals surface area contributed by atoms with E-state index in [1.807, 2.05) is 5.38 Å². The zero-order chi connectivity index (χ0) is 11.4. The molecule has 1 heterocycles. The number of carbonyl (C=O) groups excluding carboxylic acids is 1. The fraction of sp³-hybridized carbons (Fsp3) is 0.636. The molecule has 1 fully saturated rings. The van der Waals surface area contributed by atoms with E-state index in [1.54, 1.807) is 16.8 Å². The molecule has 1 aliphatic rings. The van der Waals surface area contributed by atoms with Crippen LogP contribution >= 0.6 is 11.3 Å². The molecule has 5 heteroatoms. The van der Waals surface area contributed by atoms with Gasteiger partial charge in [0.1, 0.15) is 0 Å². The second kappa shape index (κ2) is 4.93. The Labute approximate surface area is 99.3 Å². The van der Waals surface area contributed by atoms with Gasteiger partial charge >= 0.3 is 0 Å². The summed E-state index contributed by atoms with van der Waals surface area (Å²) in [4.78, 5) is 16.2. The molecule has 0 radical (unpaired) electrons. The molecule has 4 nitrogen and oxygen atoms in total. The van der Waals surface area contributed by atoms with Gasteiger partial charge in [0, 0.05) is 11.9 Å². The molecule has 1 saturated carbocycles. The van der Waals surface area contributed by atoms with Gasteiger partial charge in [0.2, 0.25) is 5.91 Å². The van der Waals surface area contributed by atoms with E-state index in [-0.39, 0.29) is 11.3 Å². The Hall–Kier alpha value is -0.940. The van der Waals surface area contributed by atoms with Gasteiger partial charge in [0.25, 0.3) is 0 Å². The number of nitrogens with zero attached hydrogens (tertiary/aromatic N) is 1. The summed E-state index contributed by atoms with van der Waals surface area (Å²) >= 11 is 1.54. The smallest absolute Gasteiger partial charge is 0.227 e. The van der Waals surface area contributed by atoms with Gasteiger partial charge in [-0.2, -0.15) is 0 Å². The molecule has 1 amide bonds. The molecule has 0 aliphatic heterocycles. The molecule has 0 atom stereocenters. The van der Waals surface area contributed by atoms with Crippen molar-refractivity contribution in [1.82, 2.24) is 10.3 Å². The van der Waals surface area contributed by atoms with Crippen LogP contribution in [0.15, 0.2) is 10.9 Å². The first-order valence-electron chi connectivity index (χ1n) is 5.62. The van der Waals surface area contributed by atoms with Gasteiger partial charge in [-0.15, -0.1) is 11.3 Å². The van der Waals surface area contributed by atoms with E-state index in [4.69, 9.17) is 5.73 Å². The normalized spacial score (nSPS) is 18.6. The topological polar surface area (TPSA) is 68.0 Å².